The van der Waals surface area contributed by atoms with Crippen LogP contribution in [0, 0.1) is 11.3 Å². The van der Waals surface area contributed by atoms with E-state index in [4.69, 9.17) is 0 Å². The number of ketones is 1. The molecule has 5 nitrogen and oxygen atoms in total. The second-order valence-electron chi connectivity index (χ2n) is 10.7. The average Bonchev–Trinajstić information content (AvgIpc) is 3.60. The number of carbonyl (C=O) groups is 3. The van der Waals surface area contributed by atoms with Crippen molar-refractivity contribution >= 4 is 17.6 Å². The molecule has 0 bridgehead atoms. The Hall–Kier alpha value is -2.43. The second-order valence-corrected chi connectivity index (χ2v) is 10.7. The number of Topliss-reactive ketones (excluding diaryl/α,β-unsaturated/α-hetero) is 1. The van der Waals surface area contributed by atoms with Gasteiger partial charge in [-0.25, -0.2) is 0 Å². The SMILES string of the molecule is C=C(C)C(=O)[C@H](NC(=O)c1cccc(C2CCN(C(=O)C3(C)CC3)CC2)c1)C1CCCCC1. The van der Waals surface area contributed by atoms with E-state index in [-0.39, 0.29) is 23.0 Å². The third-order valence-electron chi connectivity index (χ3n) is 8.03. The van der Waals surface area contributed by atoms with Gasteiger partial charge in [0.2, 0.25) is 5.91 Å². The molecule has 2 aliphatic carbocycles. The molecule has 0 radical (unpaired) electrons. The molecular weight excluding hydrogens is 412 g/mol. The van der Waals surface area contributed by atoms with Gasteiger partial charge in [-0.3, -0.25) is 14.4 Å². The minimum Gasteiger partial charge on any atom is -0.342 e. The first-order valence-corrected chi connectivity index (χ1v) is 12.7. The molecule has 0 aromatic heterocycles. The molecule has 1 aliphatic heterocycles. The lowest BCUT2D eigenvalue weighted by molar-refractivity contribution is -0.137. The Kier molecular flexibility index (Phi) is 7.06. The van der Waals surface area contributed by atoms with Crippen LogP contribution in [0.3, 0.4) is 0 Å². The van der Waals surface area contributed by atoms with Gasteiger partial charge < -0.3 is 10.2 Å². The molecular formula is C28H38N2O3. The first-order valence-electron chi connectivity index (χ1n) is 12.7. The first kappa shape index (κ1) is 23.7. The van der Waals surface area contributed by atoms with Crippen molar-refractivity contribution in [2.45, 2.75) is 83.6 Å². The Morgan fingerprint density at radius 2 is 1.73 bits per heavy atom. The van der Waals surface area contributed by atoms with Crippen LogP contribution in [-0.4, -0.2) is 41.6 Å². The highest BCUT2D eigenvalue weighted by atomic mass is 16.2. The third-order valence-corrected chi connectivity index (χ3v) is 8.03. The maximum atomic E-state index is 13.2. The molecule has 1 heterocycles. The number of likely N-dealkylation sites (tertiary alicyclic amines) is 1. The fourth-order valence-electron chi connectivity index (χ4n) is 5.49. The van der Waals surface area contributed by atoms with Crippen molar-refractivity contribution in [2.24, 2.45) is 11.3 Å². The number of hydrogen-bond acceptors (Lipinski definition) is 3. The van der Waals surface area contributed by atoms with Crippen molar-refractivity contribution < 1.29 is 14.4 Å². The zero-order valence-corrected chi connectivity index (χ0v) is 20.2. The molecule has 0 unspecified atom stereocenters. The lowest BCUT2D eigenvalue weighted by Gasteiger charge is -2.34. The number of rotatable bonds is 7. The molecule has 1 N–H and O–H groups in total. The van der Waals surface area contributed by atoms with E-state index in [1.54, 1.807) is 6.92 Å². The smallest absolute Gasteiger partial charge is 0.251 e. The highest BCUT2D eigenvalue weighted by Crippen LogP contribution is 2.47. The molecule has 4 rings (SSSR count). The highest BCUT2D eigenvalue weighted by molar-refractivity contribution is 6.03. The fraction of sp³-hybridized carbons (Fsp3) is 0.607. The van der Waals surface area contributed by atoms with Crippen molar-refractivity contribution in [3.05, 3.63) is 47.5 Å². The van der Waals surface area contributed by atoms with Crippen LogP contribution in [-0.2, 0) is 9.59 Å². The summed E-state index contributed by atoms with van der Waals surface area (Å²) < 4.78 is 0. The maximum Gasteiger partial charge on any atom is 0.251 e. The molecule has 1 saturated heterocycles. The van der Waals surface area contributed by atoms with Gasteiger partial charge in [-0.15, -0.1) is 0 Å². The van der Waals surface area contributed by atoms with E-state index in [1.807, 2.05) is 23.1 Å². The van der Waals surface area contributed by atoms with E-state index in [0.29, 0.717) is 23.0 Å². The van der Waals surface area contributed by atoms with E-state index in [1.165, 1.54) is 6.42 Å². The van der Waals surface area contributed by atoms with Crippen molar-refractivity contribution in [1.29, 1.82) is 0 Å². The van der Waals surface area contributed by atoms with Crippen molar-refractivity contribution in [1.82, 2.24) is 10.2 Å². The highest BCUT2D eigenvalue weighted by Gasteiger charge is 2.47. The Balaban J connectivity index is 1.41. The van der Waals surface area contributed by atoms with E-state index in [9.17, 15) is 14.4 Å². The topological polar surface area (TPSA) is 66.5 Å². The molecule has 3 aliphatic rings. The number of benzene rings is 1. The van der Waals surface area contributed by atoms with Crippen LogP contribution in [0.15, 0.2) is 36.4 Å². The molecule has 2 saturated carbocycles. The monoisotopic (exact) mass is 450 g/mol. The van der Waals surface area contributed by atoms with E-state index >= 15 is 0 Å². The Morgan fingerprint density at radius 1 is 1.06 bits per heavy atom. The van der Waals surface area contributed by atoms with Crippen LogP contribution in [0.1, 0.15) is 93.5 Å². The number of nitrogens with one attached hydrogen (secondary N) is 1. The predicted octanol–water partition coefficient (Wildman–Crippen LogP) is 5.02. The minimum absolute atomic E-state index is 0.0483. The summed E-state index contributed by atoms with van der Waals surface area (Å²) in [7, 11) is 0. The Morgan fingerprint density at radius 3 is 2.33 bits per heavy atom. The van der Waals surface area contributed by atoms with Crippen LogP contribution < -0.4 is 5.32 Å². The Labute approximate surface area is 198 Å². The fourth-order valence-corrected chi connectivity index (χ4v) is 5.49. The molecule has 178 valence electrons. The molecule has 33 heavy (non-hydrogen) atoms. The van der Waals surface area contributed by atoms with Crippen molar-refractivity contribution in [2.75, 3.05) is 13.1 Å². The first-order chi connectivity index (χ1) is 15.8. The van der Waals surface area contributed by atoms with Gasteiger partial charge in [-0.1, -0.05) is 44.9 Å². The van der Waals surface area contributed by atoms with Gasteiger partial charge in [0.25, 0.3) is 5.91 Å². The number of piperidine rings is 1. The number of amides is 2. The van der Waals surface area contributed by atoms with Crippen LogP contribution >= 0.6 is 0 Å². The van der Waals surface area contributed by atoms with Gasteiger partial charge in [0.15, 0.2) is 5.78 Å². The van der Waals surface area contributed by atoms with Crippen LogP contribution in [0.2, 0.25) is 0 Å². The summed E-state index contributed by atoms with van der Waals surface area (Å²) in [5.74, 6) is 0.611. The van der Waals surface area contributed by atoms with Gasteiger partial charge in [0.1, 0.15) is 0 Å². The number of nitrogens with zero attached hydrogens (tertiary/aromatic N) is 1. The van der Waals surface area contributed by atoms with Gasteiger partial charge >= 0.3 is 0 Å². The largest absolute Gasteiger partial charge is 0.342 e. The summed E-state index contributed by atoms with van der Waals surface area (Å²) in [5, 5.41) is 3.06. The molecule has 1 atom stereocenters. The summed E-state index contributed by atoms with van der Waals surface area (Å²) in [5.41, 5.74) is 2.14. The normalized spacial score (nSPS) is 21.8. The standard InChI is InChI=1S/C28H38N2O3/c1-19(2)25(31)24(21-8-5-4-6-9-21)29-26(32)23-11-7-10-22(18-23)20-12-16-30(17-13-20)27(33)28(3)14-15-28/h7,10-11,18,20-21,24H,1,4-6,8-9,12-17H2,2-3H3,(H,29,32)/t24-/m1/s1. The zero-order chi connectivity index (χ0) is 23.6. The number of carbonyl (C=O) groups excluding carboxylic acids is 3. The van der Waals surface area contributed by atoms with E-state index < -0.39 is 6.04 Å². The average molecular weight is 451 g/mol. The van der Waals surface area contributed by atoms with Crippen molar-refractivity contribution in [3.63, 3.8) is 0 Å². The van der Waals surface area contributed by atoms with Crippen molar-refractivity contribution in [3.8, 4) is 0 Å². The van der Waals surface area contributed by atoms with E-state index in [0.717, 1.165) is 70.0 Å². The van der Waals surface area contributed by atoms with Crippen LogP contribution in [0.5, 0.6) is 0 Å². The third kappa shape index (κ3) is 5.39. The summed E-state index contributed by atoms with van der Waals surface area (Å²) in [6, 6.07) is 7.33. The van der Waals surface area contributed by atoms with Crippen LogP contribution in [0.25, 0.3) is 0 Å². The lowest BCUT2D eigenvalue weighted by Crippen LogP contribution is -2.46. The summed E-state index contributed by atoms with van der Waals surface area (Å²) >= 11 is 0. The summed E-state index contributed by atoms with van der Waals surface area (Å²) in [4.78, 5) is 40.7. The lowest BCUT2D eigenvalue weighted by atomic mass is 9.81. The predicted molar refractivity (Wildman–Crippen MR) is 130 cm³/mol. The second kappa shape index (κ2) is 9.82. The summed E-state index contributed by atoms with van der Waals surface area (Å²) in [6.45, 7) is 9.20. The molecule has 5 heteroatoms. The van der Waals surface area contributed by atoms with Gasteiger partial charge in [-0.2, -0.15) is 0 Å². The molecule has 3 fully saturated rings. The van der Waals surface area contributed by atoms with Crippen LogP contribution in [0.4, 0.5) is 0 Å². The molecule has 1 aromatic rings. The molecule has 0 spiro atoms. The molecule has 2 amide bonds. The molecule has 1 aromatic carbocycles. The van der Waals surface area contributed by atoms with Gasteiger partial charge in [-0.05, 0) is 80.6 Å². The minimum atomic E-state index is -0.489. The number of hydrogen-bond donors (Lipinski definition) is 1. The van der Waals surface area contributed by atoms with Gasteiger partial charge in [0, 0.05) is 24.1 Å². The summed E-state index contributed by atoms with van der Waals surface area (Å²) in [6.07, 6.45) is 9.23. The quantitative estimate of drug-likeness (QED) is 0.594. The zero-order valence-electron chi connectivity index (χ0n) is 20.2. The Bertz CT molecular complexity index is 919. The van der Waals surface area contributed by atoms with Gasteiger partial charge in [0.05, 0.1) is 6.04 Å². The maximum absolute atomic E-state index is 13.2. The van der Waals surface area contributed by atoms with E-state index in [2.05, 4.69) is 24.9 Å².